The van der Waals surface area contributed by atoms with Crippen molar-refractivity contribution in [2.75, 3.05) is 18.5 Å². The van der Waals surface area contributed by atoms with Crippen molar-refractivity contribution in [3.8, 4) is 5.75 Å². The first-order valence-electron chi connectivity index (χ1n) is 10.4. The number of rotatable bonds is 11. The van der Waals surface area contributed by atoms with Crippen LogP contribution in [0.2, 0.25) is 0 Å². The van der Waals surface area contributed by atoms with Gasteiger partial charge in [0.15, 0.2) is 0 Å². The lowest BCUT2D eigenvalue weighted by Gasteiger charge is -2.29. The molecule has 1 atom stereocenters. The van der Waals surface area contributed by atoms with Crippen LogP contribution in [-0.4, -0.2) is 29.7 Å². The number of ether oxygens (including phenoxy) is 2. The maximum atomic E-state index is 13.1. The van der Waals surface area contributed by atoms with Gasteiger partial charge in [0.1, 0.15) is 16.9 Å². The van der Waals surface area contributed by atoms with Crippen LogP contribution in [0.1, 0.15) is 60.3 Å². The Balaban J connectivity index is 2.29. The van der Waals surface area contributed by atoms with Gasteiger partial charge in [-0.05, 0) is 49.9 Å². The Morgan fingerprint density at radius 2 is 2.00 bits per heavy atom. The number of unbranched alkanes of at least 4 members (excludes halogenated alkanes) is 1. The van der Waals surface area contributed by atoms with Gasteiger partial charge in [-0.3, -0.25) is 9.78 Å². The molecular formula is C23H34N2O3. The predicted molar refractivity (Wildman–Crippen MR) is 115 cm³/mol. The average Bonchev–Trinajstić information content (AvgIpc) is 2.69. The van der Waals surface area contributed by atoms with Gasteiger partial charge < -0.3 is 14.8 Å². The highest BCUT2D eigenvalue weighted by Crippen LogP contribution is 2.31. The molecule has 154 valence electrons. The summed E-state index contributed by atoms with van der Waals surface area (Å²) in [7, 11) is 0. The van der Waals surface area contributed by atoms with Crippen molar-refractivity contribution in [1.29, 1.82) is 0 Å². The van der Waals surface area contributed by atoms with Gasteiger partial charge in [-0.1, -0.05) is 40.5 Å². The first-order valence-corrected chi connectivity index (χ1v) is 10.4. The van der Waals surface area contributed by atoms with Crippen molar-refractivity contribution < 1.29 is 14.3 Å². The van der Waals surface area contributed by atoms with E-state index >= 15 is 0 Å². The van der Waals surface area contributed by atoms with E-state index in [2.05, 4.69) is 31.1 Å². The maximum Gasteiger partial charge on any atom is 0.256 e. The SMILES string of the molecule is CCCCC(C)(OCCC)C(=O)Nc1ccc(OCC(C)C)c2ncccc12. The number of nitrogens with one attached hydrogen (secondary N) is 1. The minimum absolute atomic E-state index is 0.115. The zero-order valence-corrected chi connectivity index (χ0v) is 17.9. The third-order valence-electron chi connectivity index (χ3n) is 4.67. The molecule has 0 aliphatic heterocycles. The first kappa shape index (κ1) is 22.2. The van der Waals surface area contributed by atoms with Crippen molar-refractivity contribution in [3.63, 3.8) is 0 Å². The Hall–Kier alpha value is -2.14. The first-order chi connectivity index (χ1) is 13.4. The van der Waals surface area contributed by atoms with Crippen molar-refractivity contribution >= 4 is 22.5 Å². The molecule has 0 bridgehead atoms. The largest absolute Gasteiger partial charge is 0.491 e. The van der Waals surface area contributed by atoms with Gasteiger partial charge in [0.25, 0.3) is 5.91 Å². The number of anilines is 1. The molecule has 0 saturated carbocycles. The van der Waals surface area contributed by atoms with E-state index in [9.17, 15) is 4.79 Å². The molecule has 1 amide bonds. The highest BCUT2D eigenvalue weighted by atomic mass is 16.5. The smallest absolute Gasteiger partial charge is 0.256 e. The van der Waals surface area contributed by atoms with Crippen LogP contribution in [0.4, 0.5) is 5.69 Å². The quantitative estimate of drug-likeness (QED) is 0.547. The van der Waals surface area contributed by atoms with E-state index in [0.717, 1.165) is 41.6 Å². The molecule has 0 saturated heterocycles. The maximum absolute atomic E-state index is 13.1. The lowest BCUT2D eigenvalue weighted by atomic mass is 9.97. The topological polar surface area (TPSA) is 60.5 Å². The van der Waals surface area contributed by atoms with Gasteiger partial charge in [0, 0.05) is 18.2 Å². The highest BCUT2D eigenvalue weighted by Gasteiger charge is 2.33. The molecule has 5 heteroatoms. The molecule has 1 heterocycles. The lowest BCUT2D eigenvalue weighted by molar-refractivity contribution is -0.140. The van der Waals surface area contributed by atoms with E-state index in [1.54, 1.807) is 6.20 Å². The molecule has 28 heavy (non-hydrogen) atoms. The molecule has 1 N–H and O–H groups in total. The number of carbonyl (C=O) groups is 1. The predicted octanol–water partition coefficient (Wildman–Crippen LogP) is 5.58. The molecule has 5 nitrogen and oxygen atoms in total. The summed E-state index contributed by atoms with van der Waals surface area (Å²) in [4.78, 5) is 17.6. The Kier molecular flexibility index (Phi) is 8.24. The minimum Gasteiger partial charge on any atom is -0.491 e. The molecule has 0 aliphatic rings. The molecule has 2 rings (SSSR count). The van der Waals surface area contributed by atoms with E-state index in [4.69, 9.17) is 9.47 Å². The van der Waals surface area contributed by atoms with E-state index < -0.39 is 5.60 Å². The summed E-state index contributed by atoms with van der Waals surface area (Å²) < 4.78 is 11.9. The van der Waals surface area contributed by atoms with Crippen LogP contribution in [-0.2, 0) is 9.53 Å². The Morgan fingerprint density at radius 1 is 1.21 bits per heavy atom. The third kappa shape index (κ3) is 5.68. The standard InChI is InChI=1S/C23H34N2O3/c1-6-8-13-23(5,28-15-7-2)22(26)25-19-11-12-20(27-16-17(3)4)21-18(19)10-9-14-24-21/h9-12,14,17H,6-8,13,15-16H2,1-5H3,(H,25,26). The Bertz CT molecular complexity index is 766. The van der Waals surface area contributed by atoms with E-state index in [-0.39, 0.29) is 5.91 Å². The van der Waals surface area contributed by atoms with E-state index in [1.165, 1.54) is 0 Å². The van der Waals surface area contributed by atoms with Gasteiger partial charge in [-0.2, -0.15) is 0 Å². The summed E-state index contributed by atoms with van der Waals surface area (Å²) in [5.74, 6) is 1.04. The Labute approximate surface area is 168 Å². The molecular weight excluding hydrogens is 352 g/mol. The van der Waals surface area contributed by atoms with Crippen LogP contribution in [0.5, 0.6) is 5.75 Å². The number of fused-ring (bicyclic) bond motifs is 1. The summed E-state index contributed by atoms with van der Waals surface area (Å²) >= 11 is 0. The molecule has 0 spiro atoms. The van der Waals surface area contributed by atoms with Crippen molar-refractivity contribution in [3.05, 3.63) is 30.5 Å². The molecule has 1 aromatic carbocycles. The second kappa shape index (κ2) is 10.4. The second-order valence-corrected chi connectivity index (χ2v) is 7.85. The molecule has 2 aromatic rings. The number of carbonyl (C=O) groups excluding carboxylic acids is 1. The number of hydrogen-bond acceptors (Lipinski definition) is 4. The van der Waals surface area contributed by atoms with Crippen molar-refractivity contribution in [2.24, 2.45) is 5.92 Å². The van der Waals surface area contributed by atoms with Crippen molar-refractivity contribution in [1.82, 2.24) is 4.98 Å². The fraction of sp³-hybridized carbons (Fsp3) is 0.565. The minimum atomic E-state index is -0.840. The van der Waals surface area contributed by atoms with Crippen LogP contribution in [0.3, 0.4) is 0 Å². The lowest BCUT2D eigenvalue weighted by Crippen LogP contribution is -2.43. The average molecular weight is 387 g/mol. The fourth-order valence-electron chi connectivity index (χ4n) is 2.98. The number of nitrogens with zero attached hydrogens (tertiary/aromatic N) is 1. The Morgan fingerprint density at radius 3 is 2.68 bits per heavy atom. The zero-order chi connectivity index (χ0) is 20.6. The number of benzene rings is 1. The molecule has 0 aliphatic carbocycles. The number of hydrogen-bond donors (Lipinski definition) is 1. The molecule has 1 aromatic heterocycles. The van der Waals surface area contributed by atoms with Crippen LogP contribution in [0.15, 0.2) is 30.5 Å². The molecule has 1 unspecified atom stereocenters. The molecule has 0 radical (unpaired) electrons. The van der Waals surface area contributed by atoms with Gasteiger partial charge in [0.05, 0.1) is 12.3 Å². The summed E-state index contributed by atoms with van der Waals surface area (Å²) in [6, 6.07) is 7.59. The zero-order valence-electron chi connectivity index (χ0n) is 17.9. The van der Waals surface area contributed by atoms with Crippen LogP contribution in [0.25, 0.3) is 10.9 Å². The van der Waals surface area contributed by atoms with Crippen LogP contribution in [0, 0.1) is 5.92 Å². The fourth-order valence-corrected chi connectivity index (χ4v) is 2.98. The number of pyridine rings is 1. The second-order valence-electron chi connectivity index (χ2n) is 7.85. The summed E-state index contributed by atoms with van der Waals surface area (Å²) in [5, 5.41) is 3.94. The summed E-state index contributed by atoms with van der Waals surface area (Å²) in [6.07, 6.45) is 5.28. The number of aromatic nitrogens is 1. The van der Waals surface area contributed by atoms with Crippen LogP contribution < -0.4 is 10.1 Å². The summed E-state index contributed by atoms with van der Waals surface area (Å²) in [5.41, 5.74) is 0.645. The van der Waals surface area contributed by atoms with Gasteiger partial charge in [-0.15, -0.1) is 0 Å². The highest BCUT2D eigenvalue weighted by molar-refractivity contribution is 6.05. The normalized spacial score (nSPS) is 13.5. The number of amides is 1. The van der Waals surface area contributed by atoms with Gasteiger partial charge in [-0.25, -0.2) is 0 Å². The summed E-state index contributed by atoms with van der Waals surface area (Å²) in [6.45, 7) is 11.5. The third-order valence-corrected chi connectivity index (χ3v) is 4.67. The van der Waals surface area contributed by atoms with Gasteiger partial charge in [0.2, 0.25) is 0 Å². The van der Waals surface area contributed by atoms with E-state index in [1.807, 2.05) is 38.1 Å². The van der Waals surface area contributed by atoms with Crippen LogP contribution >= 0.6 is 0 Å². The monoisotopic (exact) mass is 386 g/mol. The van der Waals surface area contributed by atoms with Crippen molar-refractivity contribution in [2.45, 2.75) is 65.9 Å². The van der Waals surface area contributed by atoms with E-state index in [0.29, 0.717) is 25.6 Å². The van der Waals surface area contributed by atoms with Gasteiger partial charge >= 0.3 is 0 Å². The molecule has 0 fully saturated rings.